The molecule has 2 aliphatic rings. The Morgan fingerprint density at radius 3 is 2.77 bits per heavy atom. The monoisotopic (exact) mass is 353 g/mol. The van der Waals surface area contributed by atoms with Gasteiger partial charge in [-0.25, -0.2) is 4.79 Å². The maximum absolute atomic E-state index is 12.9. The van der Waals surface area contributed by atoms with E-state index in [0.29, 0.717) is 13.0 Å². The summed E-state index contributed by atoms with van der Waals surface area (Å²) in [7, 11) is 1.89. The number of piperidine rings is 1. The summed E-state index contributed by atoms with van der Waals surface area (Å²) in [5, 5.41) is 7.08. The van der Waals surface area contributed by atoms with E-state index in [1.807, 2.05) is 49.8 Å². The van der Waals surface area contributed by atoms with Crippen LogP contribution < -0.4 is 10.2 Å². The van der Waals surface area contributed by atoms with Crippen molar-refractivity contribution in [3.8, 4) is 0 Å². The van der Waals surface area contributed by atoms with Crippen molar-refractivity contribution >= 4 is 17.6 Å². The summed E-state index contributed by atoms with van der Waals surface area (Å²) in [6.07, 6.45) is 6.10. The van der Waals surface area contributed by atoms with Crippen molar-refractivity contribution in [3.63, 3.8) is 0 Å². The minimum atomic E-state index is -0.473. The van der Waals surface area contributed by atoms with Gasteiger partial charge in [-0.3, -0.25) is 14.4 Å². The van der Waals surface area contributed by atoms with Crippen LogP contribution in [0.1, 0.15) is 18.4 Å². The van der Waals surface area contributed by atoms with E-state index in [1.165, 1.54) is 4.90 Å². The Bertz CT molecular complexity index is 803. The lowest BCUT2D eigenvalue weighted by atomic mass is 10.0. The Hall–Kier alpha value is -2.83. The zero-order valence-corrected chi connectivity index (χ0v) is 14.8. The van der Waals surface area contributed by atoms with Gasteiger partial charge in [0, 0.05) is 32.8 Å². The maximum atomic E-state index is 12.9. The summed E-state index contributed by atoms with van der Waals surface area (Å²) in [6, 6.07) is 8.95. The lowest BCUT2D eigenvalue weighted by Crippen LogP contribution is -2.50. The summed E-state index contributed by atoms with van der Waals surface area (Å²) in [5.74, 6) is -0.114. The molecule has 1 aromatic carbocycles. The second kappa shape index (κ2) is 6.82. The number of rotatable bonds is 4. The van der Waals surface area contributed by atoms with Crippen molar-refractivity contribution < 1.29 is 9.59 Å². The Kier molecular flexibility index (Phi) is 4.36. The van der Waals surface area contributed by atoms with E-state index < -0.39 is 6.04 Å². The number of aromatic nitrogens is 2. The number of aryl methyl sites for hydroxylation is 1. The quantitative estimate of drug-likeness (QED) is 0.847. The van der Waals surface area contributed by atoms with Gasteiger partial charge >= 0.3 is 6.03 Å². The van der Waals surface area contributed by atoms with Crippen molar-refractivity contribution in [1.82, 2.24) is 20.0 Å². The van der Waals surface area contributed by atoms with Crippen LogP contribution in [0.4, 0.5) is 10.5 Å². The number of anilines is 1. The Balaban J connectivity index is 1.46. The number of benzene rings is 1. The molecule has 2 fully saturated rings. The molecule has 4 rings (SSSR count). The van der Waals surface area contributed by atoms with Crippen molar-refractivity contribution in [1.29, 1.82) is 0 Å². The number of imide groups is 1. The number of hydrogen-bond acceptors (Lipinski definition) is 4. The highest BCUT2D eigenvalue weighted by atomic mass is 16.2. The summed E-state index contributed by atoms with van der Waals surface area (Å²) < 4.78 is 1.77. The van der Waals surface area contributed by atoms with Crippen LogP contribution in [0.2, 0.25) is 0 Å². The summed E-state index contributed by atoms with van der Waals surface area (Å²) in [4.78, 5) is 29.0. The highest BCUT2D eigenvalue weighted by Gasteiger charge is 2.43. The zero-order chi connectivity index (χ0) is 18.1. The van der Waals surface area contributed by atoms with Crippen molar-refractivity contribution in [2.24, 2.45) is 7.05 Å². The van der Waals surface area contributed by atoms with Crippen LogP contribution in [0, 0.1) is 0 Å². The molecule has 2 aromatic rings. The van der Waals surface area contributed by atoms with Crippen molar-refractivity contribution in [2.45, 2.75) is 31.3 Å². The van der Waals surface area contributed by atoms with Crippen LogP contribution in [0.15, 0.2) is 42.7 Å². The zero-order valence-electron chi connectivity index (χ0n) is 14.8. The number of carbonyl (C=O) groups is 2. The van der Waals surface area contributed by atoms with E-state index in [9.17, 15) is 9.59 Å². The first-order valence-electron chi connectivity index (χ1n) is 9.03. The summed E-state index contributed by atoms with van der Waals surface area (Å²) >= 11 is 0. The molecule has 2 atom stereocenters. The van der Waals surface area contributed by atoms with Gasteiger partial charge in [0.05, 0.1) is 17.9 Å². The van der Waals surface area contributed by atoms with Gasteiger partial charge in [-0.1, -0.05) is 30.3 Å². The van der Waals surface area contributed by atoms with Gasteiger partial charge in [0.25, 0.3) is 5.91 Å². The number of urea groups is 1. The van der Waals surface area contributed by atoms with E-state index in [-0.39, 0.29) is 18.0 Å². The highest BCUT2D eigenvalue weighted by molar-refractivity contribution is 6.04. The molecule has 7 nitrogen and oxygen atoms in total. The molecule has 0 saturated carbocycles. The van der Waals surface area contributed by atoms with Gasteiger partial charge < -0.3 is 10.2 Å². The fourth-order valence-electron chi connectivity index (χ4n) is 3.85. The van der Waals surface area contributed by atoms with E-state index in [4.69, 9.17) is 0 Å². The van der Waals surface area contributed by atoms with Gasteiger partial charge in [0.1, 0.15) is 6.04 Å². The molecule has 3 heterocycles. The average molecular weight is 353 g/mol. The topological polar surface area (TPSA) is 70.5 Å². The SMILES string of the molecule is Cn1cc(N2CCCC(N3C(=O)NC(Cc4ccccc4)C3=O)C2)cn1. The number of nitrogens with one attached hydrogen (secondary N) is 1. The third-order valence-corrected chi connectivity index (χ3v) is 5.15. The number of carbonyl (C=O) groups excluding carboxylic acids is 2. The predicted octanol–water partition coefficient (Wildman–Crippen LogP) is 1.55. The first-order valence-corrected chi connectivity index (χ1v) is 9.03. The minimum Gasteiger partial charge on any atom is -0.367 e. The van der Waals surface area contributed by atoms with E-state index in [1.54, 1.807) is 4.68 Å². The first kappa shape index (κ1) is 16.6. The highest BCUT2D eigenvalue weighted by Crippen LogP contribution is 2.25. The average Bonchev–Trinajstić information content (AvgIpc) is 3.20. The van der Waals surface area contributed by atoms with E-state index in [2.05, 4.69) is 15.3 Å². The van der Waals surface area contributed by atoms with E-state index in [0.717, 1.165) is 30.6 Å². The number of hydrogen-bond donors (Lipinski definition) is 1. The van der Waals surface area contributed by atoms with Crippen molar-refractivity contribution in [3.05, 3.63) is 48.3 Å². The predicted molar refractivity (Wildman–Crippen MR) is 97.8 cm³/mol. The lowest BCUT2D eigenvalue weighted by Gasteiger charge is -2.36. The molecule has 1 N–H and O–H groups in total. The molecule has 26 heavy (non-hydrogen) atoms. The molecule has 2 aliphatic heterocycles. The Labute approximate surface area is 152 Å². The third kappa shape index (κ3) is 3.16. The second-order valence-electron chi connectivity index (χ2n) is 7.01. The van der Waals surface area contributed by atoms with Gasteiger partial charge in [-0.2, -0.15) is 5.10 Å². The van der Waals surface area contributed by atoms with Gasteiger partial charge in [0.2, 0.25) is 0 Å². The molecule has 0 radical (unpaired) electrons. The van der Waals surface area contributed by atoms with Crippen LogP contribution in [0.3, 0.4) is 0 Å². The van der Waals surface area contributed by atoms with Crippen LogP contribution in [-0.2, 0) is 18.3 Å². The standard InChI is InChI=1S/C19H23N5O2/c1-22-12-16(11-20-22)23-9-5-8-15(13-23)24-18(25)17(21-19(24)26)10-14-6-3-2-4-7-14/h2-4,6-7,11-12,15,17H,5,8-10,13H2,1H3,(H,21,26). The molecule has 0 aliphatic carbocycles. The molecule has 2 unspecified atom stereocenters. The van der Waals surface area contributed by atoms with Crippen LogP contribution in [0.25, 0.3) is 0 Å². The largest absolute Gasteiger partial charge is 0.367 e. The van der Waals surface area contributed by atoms with Crippen LogP contribution in [-0.4, -0.2) is 51.8 Å². The Morgan fingerprint density at radius 2 is 2.04 bits per heavy atom. The third-order valence-electron chi connectivity index (χ3n) is 5.15. The molecule has 0 spiro atoms. The second-order valence-corrected chi connectivity index (χ2v) is 7.01. The van der Waals surface area contributed by atoms with E-state index >= 15 is 0 Å². The van der Waals surface area contributed by atoms with Gasteiger partial charge in [0.15, 0.2) is 0 Å². The first-order chi connectivity index (χ1) is 12.6. The van der Waals surface area contributed by atoms with Gasteiger partial charge in [-0.15, -0.1) is 0 Å². The smallest absolute Gasteiger partial charge is 0.325 e. The molecule has 136 valence electrons. The van der Waals surface area contributed by atoms with Gasteiger partial charge in [-0.05, 0) is 18.4 Å². The summed E-state index contributed by atoms with van der Waals surface area (Å²) in [5.41, 5.74) is 2.08. The molecule has 2 saturated heterocycles. The lowest BCUT2D eigenvalue weighted by molar-refractivity contribution is -0.129. The summed E-state index contributed by atoms with van der Waals surface area (Å²) in [6.45, 7) is 1.57. The minimum absolute atomic E-state index is 0.0998. The fraction of sp³-hybridized carbons (Fsp3) is 0.421. The molecular weight excluding hydrogens is 330 g/mol. The normalized spacial score (nSPS) is 23.4. The molecular formula is C19H23N5O2. The van der Waals surface area contributed by atoms with Crippen molar-refractivity contribution in [2.75, 3.05) is 18.0 Å². The molecule has 0 bridgehead atoms. The molecule has 7 heteroatoms. The Morgan fingerprint density at radius 1 is 1.23 bits per heavy atom. The van der Waals surface area contributed by atoms with Crippen LogP contribution >= 0.6 is 0 Å². The maximum Gasteiger partial charge on any atom is 0.325 e. The van der Waals surface area contributed by atoms with Crippen LogP contribution in [0.5, 0.6) is 0 Å². The number of amides is 3. The molecule has 3 amide bonds. The number of nitrogens with zero attached hydrogens (tertiary/aromatic N) is 4. The molecule has 1 aromatic heterocycles. The fourth-order valence-corrected chi connectivity index (χ4v) is 3.85.